The molecule has 8 aromatic heterocycles. The molecule has 756 valence electrons. The van der Waals surface area contributed by atoms with E-state index in [1.54, 1.807) is 47.5 Å². The van der Waals surface area contributed by atoms with Crippen molar-refractivity contribution in [1.82, 2.24) is 64.3 Å². The molecule has 0 spiro atoms. The van der Waals surface area contributed by atoms with Crippen molar-refractivity contribution >= 4 is 153 Å². The highest BCUT2D eigenvalue weighted by molar-refractivity contribution is 7.15. The number of hydrogen-bond acceptors (Lipinski definition) is 21. The number of benzene rings is 8. The first-order chi connectivity index (χ1) is 70.4. The summed E-state index contributed by atoms with van der Waals surface area (Å²) in [6, 6.07) is 59.8. The third kappa shape index (κ3) is 25.8. The van der Waals surface area contributed by atoms with Crippen molar-refractivity contribution < 1.29 is 57.1 Å². The van der Waals surface area contributed by atoms with Gasteiger partial charge in [-0.05, 0) is 240 Å². The highest BCUT2D eigenvalue weighted by Crippen LogP contribution is 2.46. The molecular weight excluding hydrogens is 1960 g/mol. The van der Waals surface area contributed by atoms with Gasteiger partial charge in [-0.15, -0.1) is 22.7 Å². The molecule has 0 saturated heterocycles. The van der Waals surface area contributed by atoms with Crippen LogP contribution in [0.25, 0.3) is 43.6 Å². The Labute approximate surface area is 871 Å². The van der Waals surface area contributed by atoms with Crippen LogP contribution in [-0.4, -0.2) is 187 Å². The molecule has 145 heavy (non-hydrogen) atoms. The fraction of sp³-hybridized carbons (Fsp3) is 0.333. The normalized spacial score (nSPS) is 15.2. The number of anilines is 3. The molecular formula is C111H120Cl4N16O12S2. The summed E-state index contributed by atoms with van der Waals surface area (Å²) in [5.41, 5.74) is 17.8. The standard InChI is InChI=1S/C29H31ClN4O3.C28H31ClN4O3S.C27H29ClN4O3S.C27H29ClN4O3/c1-19(2)18-37-29(35)34-15-11-24-25-17-21(30)5-8-26(25)33-27(24)28(34)20-3-6-23(7-4-20)36-16-14-32-22-9-12-31-13-10-22;1-17(2)16-36-28(34)33-12-10-22-23-14-20(29)6-9-24(23)32-25(22)26(33)19-4-7-21(8-5-19)35-13-11-30-27-31-15-18(3)37-27;1-17(2)16-35-27(33)32-12-9-21-22-15-19(28)5-8-23(22)31-24(21)25(32)18-3-6-20(7-4-18)34-13-10-29-26-30-11-14-36-26;1-18(2)17-35-27(33)32-13-10-22-23-16-20(28)6-9-24(23)30-25(22)26(32)19-4-7-21(8-5-19)34-15-14-31-12-3-11-29-31/h3-10,12-13,17,19,28,33H,11,14-16,18H2,1-2H3,(H,31,32);4-9,14-15,17,26,32H,10-13,16H2,1-3H3,(H,30,31);3-8,11,14-15,17,25,31H,9-10,12-13,16H2,1-2H3,(H,29,30);3-9,11-12,16,18,26,30H,10,13-15,17H2,1-2H3. The van der Waals surface area contributed by atoms with Crippen molar-refractivity contribution in [3.8, 4) is 23.0 Å². The van der Waals surface area contributed by atoms with Gasteiger partial charge in [0, 0.05) is 172 Å². The number of ether oxygens (including phenoxy) is 8. The lowest BCUT2D eigenvalue weighted by Gasteiger charge is -2.35. The molecule has 34 heteroatoms. The minimum atomic E-state index is -0.302. The van der Waals surface area contributed by atoms with Crippen LogP contribution in [0, 0.1) is 30.6 Å². The molecule has 28 nitrogen and oxygen atoms in total. The molecule has 0 fully saturated rings. The van der Waals surface area contributed by atoms with E-state index in [9.17, 15) is 19.2 Å². The predicted octanol–water partition coefficient (Wildman–Crippen LogP) is 25.6. The molecule has 4 aliphatic heterocycles. The van der Waals surface area contributed by atoms with E-state index in [0.717, 1.165) is 153 Å². The number of carbonyl (C=O) groups excluding carboxylic acids is 4. The number of H-pyrrole nitrogens is 4. The van der Waals surface area contributed by atoms with Crippen molar-refractivity contribution in [2.24, 2.45) is 23.7 Å². The monoisotopic (exact) mass is 2070 g/mol. The van der Waals surface area contributed by atoms with Gasteiger partial charge in [-0.3, -0.25) is 29.3 Å². The molecule has 0 radical (unpaired) electrons. The van der Waals surface area contributed by atoms with Gasteiger partial charge in [0.05, 0.1) is 46.1 Å². The Hall–Kier alpha value is -13.6. The number of aromatic amines is 4. The first kappa shape index (κ1) is 103. The summed E-state index contributed by atoms with van der Waals surface area (Å²) in [7, 11) is 0. The van der Waals surface area contributed by atoms with Gasteiger partial charge in [-0.1, -0.05) is 150 Å². The molecule has 4 atom stereocenters. The fourth-order valence-corrected chi connectivity index (χ4v) is 20.3. The van der Waals surface area contributed by atoms with Crippen LogP contribution in [0.5, 0.6) is 23.0 Å². The Bertz CT molecular complexity index is 7020. The van der Waals surface area contributed by atoms with Gasteiger partial charge in [0.25, 0.3) is 0 Å². The number of pyridine rings is 1. The summed E-state index contributed by atoms with van der Waals surface area (Å²) >= 11 is 28.4. The van der Waals surface area contributed by atoms with Crippen molar-refractivity contribution in [3.63, 3.8) is 0 Å². The topological polar surface area (TPSA) is 311 Å². The van der Waals surface area contributed by atoms with Gasteiger partial charge in [-0.25, -0.2) is 29.1 Å². The van der Waals surface area contributed by atoms with E-state index in [1.807, 2.05) is 292 Å². The maximum Gasteiger partial charge on any atom is 0.410 e. The Morgan fingerprint density at radius 2 is 0.717 bits per heavy atom. The molecule has 0 bridgehead atoms. The zero-order chi connectivity index (χ0) is 101. The number of rotatable bonds is 31. The molecule has 7 N–H and O–H groups in total. The number of hydrogen-bond donors (Lipinski definition) is 7. The number of nitrogens with zero attached hydrogens (tertiary/aromatic N) is 9. The van der Waals surface area contributed by atoms with Gasteiger partial charge in [0.15, 0.2) is 10.3 Å². The molecule has 4 unspecified atom stereocenters. The summed E-state index contributed by atoms with van der Waals surface area (Å²) in [6.07, 6.45) is 12.5. The zero-order valence-corrected chi connectivity index (χ0v) is 87.1. The Balaban J connectivity index is 0.000000132. The van der Waals surface area contributed by atoms with Gasteiger partial charge in [-0.2, -0.15) is 5.10 Å². The van der Waals surface area contributed by atoms with E-state index in [0.29, 0.717) is 125 Å². The fourth-order valence-electron chi connectivity index (χ4n) is 18.4. The molecule has 12 heterocycles. The SMILES string of the molecule is CC(C)COC(=O)N1CCc2c([nH]c3ccc(Cl)cc23)C1c1ccc(OCCNc2ccncc2)cc1.CC(C)COC(=O)N1CCc2c([nH]c3ccc(Cl)cc23)C1c1ccc(OCCNc2nccs2)cc1.CC(C)COC(=O)N1CCc2c([nH]c3ccc(Cl)cc23)C1c1ccc(OCCn2cccn2)cc1.Cc1cnc(NCCOc2ccc(C3c4[nH]c5ccc(Cl)cc5c4CCN3C(=O)OCC(C)C)cc2)s1. The number of carbonyl (C=O) groups is 4. The van der Waals surface area contributed by atoms with E-state index >= 15 is 0 Å². The van der Waals surface area contributed by atoms with Gasteiger partial charge in [0.2, 0.25) is 0 Å². The molecule has 20 rings (SSSR count). The summed E-state index contributed by atoms with van der Waals surface area (Å²) in [5.74, 6) is 4.16. The van der Waals surface area contributed by atoms with Crippen molar-refractivity contribution in [1.29, 1.82) is 0 Å². The summed E-state index contributed by atoms with van der Waals surface area (Å²) < 4.78 is 48.1. The highest BCUT2D eigenvalue weighted by Gasteiger charge is 2.41. The second-order valence-electron chi connectivity index (χ2n) is 37.7. The van der Waals surface area contributed by atoms with E-state index in [4.69, 9.17) is 84.3 Å². The quantitative estimate of drug-likeness (QED) is 0.0157. The lowest BCUT2D eigenvalue weighted by molar-refractivity contribution is 0.0791. The predicted molar refractivity (Wildman–Crippen MR) is 576 cm³/mol. The summed E-state index contributed by atoms with van der Waals surface area (Å²) in [6.45, 7) is 26.8. The second-order valence-corrected chi connectivity index (χ2v) is 41.5. The number of nitrogens with one attached hydrogen (secondary N) is 7. The van der Waals surface area contributed by atoms with Gasteiger partial charge < -0.3 is 73.8 Å². The van der Waals surface area contributed by atoms with Crippen molar-refractivity contribution in [2.75, 3.05) is 115 Å². The highest BCUT2D eigenvalue weighted by atomic mass is 35.5. The number of amides is 4. The largest absolute Gasteiger partial charge is 0.492 e. The molecule has 16 aromatic rings. The number of aromatic nitrogens is 9. The van der Waals surface area contributed by atoms with Crippen LogP contribution in [0.1, 0.15) is 152 Å². The number of thiazole rings is 2. The van der Waals surface area contributed by atoms with E-state index in [1.165, 1.54) is 27.1 Å². The summed E-state index contributed by atoms with van der Waals surface area (Å²) in [4.78, 5) is 87.8. The van der Waals surface area contributed by atoms with E-state index < -0.39 is 0 Å². The second kappa shape index (κ2) is 48.4. The number of aryl methyl sites for hydroxylation is 1. The van der Waals surface area contributed by atoms with Crippen LogP contribution in [-0.2, 0) is 51.2 Å². The first-order valence-electron chi connectivity index (χ1n) is 49.1. The van der Waals surface area contributed by atoms with Crippen LogP contribution in [0.2, 0.25) is 20.1 Å². The average molecular weight is 2080 g/mol. The first-order valence-corrected chi connectivity index (χ1v) is 52.3. The van der Waals surface area contributed by atoms with Crippen LogP contribution in [0.3, 0.4) is 0 Å². The van der Waals surface area contributed by atoms with Crippen LogP contribution >= 0.6 is 69.1 Å². The van der Waals surface area contributed by atoms with Crippen LogP contribution < -0.4 is 34.9 Å². The number of fused-ring (bicyclic) bond motifs is 12. The van der Waals surface area contributed by atoms with Crippen LogP contribution in [0.4, 0.5) is 35.1 Å². The van der Waals surface area contributed by atoms with Crippen molar-refractivity contribution in [2.45, 2.75) is 119 Å². The van der Waals surface area contributed by atoms with Crippen LogP contribution in [0.15, 0.2) is 231 Å². The molecule has 0 aliphatic carbocycles. The Morgan fingerprint density at radius 1 is 0.393 bits per heavy atom. The minimum absolute atomic E-state index is 0.266. The Kier molecular flexibility index (Phi) is 34.3. The van der Waals surface area contributed by atoms with Crippen molar-refractivity contribution in [3.05, 3.63) is 323 Å². The average Bonchev–Trinajstić information content (AvgIpc) is 1.63. The van der Waals surface area contributed by atoms with Gasteiger partial charge >= 0.3 is 24.4 Å². The third-order valence-corrected chi connectivity index (χ3v) is 27.7. The lowest BCUT2D eigenvalue weighted by Crippen LogP contribution is -2.41. The van der Waals surface area contributed by atoms with Gasteiger partial charge in [0.1, 0.15) is 73.6 Å². The Morgan fingerprint density at radius 3 is 1.01 bits per heavy atom. The third-order valence-electron chi connectivity index (χ3n) is 25.1. The number of halogens is 4. The van der Waals surface area contributed by atoms with E-state index in [-0.39, 0.29) is 72.2 Å². The molecule has 0 saturated carbocycles. The molecule has 4 aliphatic rings. The minimum Gasteiger partial charge on any atom is -0.492 e. The molecule has 8 aromatic carbocycles. The lowest BCUT2D eigenvalue weighted by atomic mass is 9.92. The van der Waals surface area contributed by atoms with E-state index in [2.05, 4.69) is 55.9 Å². The summed E-state index contributed by atoms with van der Waals surface area (Å²) in [5, 5.41) is 24.9. The maximum absolute atomic E-state index is 13.2. The maximum atomic E-state index is 13.2. The zero-order valence-electron chi connectivity index (χ0n) is 82.5. The smallest absolute Gasteiger partial charge is 0.410 e. The molecule has 4 amide bonds.